The maximum absolute atomic E-state index is 12.9. The van der Waals surface area contributed by atoms with Crippen LogP contribution >= 0.6 is 0 Å². The Balaban J connectivity index is 1.51. The molecule has 4 N–H and O–H groups in total. The van der Waals surface area contributed by atoms with Gasteiger partial charge in [-0.25, -0.2) is 13.2 Å². The van der Waals surface area contributed by atoms with Crippen molar-refractivity contribution >= 4 is 27.6 Å². The molecule has 0 aliphatic carbocycles. The number of nitrogens with zero attached hydrogens (tertiary/aromatic N) is 1. The van der Waals surface area contributed by atoms with Gasteiger partial charge in [0.15, 0.2) is 0 Å². The summed E-state index contributed by atoms with van der Waals surface area (Å²) in [4.78, 5) is 23.7. The summed E-state index contributed by atoms with van der Waals surface area (Å²) >= 11 is 0. The van der Waals surface area contributed by atoms with Crippen molar-refractivity contribution in [2.45, 2.75) is 44.0 Å². The van der Waals surface area contributed by atoms with Gasteiger partial charge in [-0.05, 0) is 54.2 Å². The fourth-order valence-corrected chi connectivity index (χ4v) is 5.18. The molecule has 0 bridgehead atoms. The van der Waals surface area contributed by atoms with Gasteiger partial charge in [-0.15, -0.1) is 0 Å². The van der Waals surface area contributed by atoms with E-state index in [1.165, 1.54) is 4.31 Å². The second-order valence-electron chi connectivity index (χ2n) is 8.31. The van der Waals surface area contributed by atoms with Gasteiger partial charge >= 0.3 is 6.03 Å². The Kier molecular flexibility index (Phi) is 7.52. The lowest BCUT2D eigenvalue weighted by atomic mass is 9.97. The molecular formula is C23H30N4O4S. The maximum Gasteiger partial charge on any atom is 0.316 e. The minimum atomic E-state index is -3.56. The first-order valence-electron chi connectivity index (χ1n) is 10.7. The molecule has 2 aromatic rings. The number of urea groups is 1. The SMILES string of the molecule is CC(C)c1ccc(S(=O)(=O)N2CCC(C(=O)NCc3ccc(NC(N)=O)cc3)CC2)cc1. The first-order chi connectivity index (χ1) is 15.2. The molecule has 3 rings (SSSR count). The number of rotatable bonds is 7. The zero-order valence-electron chi connectivity index (χ0n) is 18.4. The van der Waals surface area contributed by atoms with Gasteiger partial charge in [0.1, 0.15) is 0 Å². The van der Waals surface area contributed by atoms with Crippen LogP contribution in [0.25, 0.3) is 0 Å². The van der Waals surface area contributed by atoms with Gasteiger partial charge in [-0.2, -0.15) is 4.31 Å². The Morgan fingerprint density at radius 1 is 1.03 bits per heavy atom. The predicted octanol–water partition coefficient (Wildman–Crippen LogP) is 3.02. The smallest absolute Gasteiger partial charge is 0.316 e. The molecular weight excluding hydrogens is 428 g/mol. The summed E-state index contributed by atoms with van der Waals surface area (Å²) in [6.07, 6.45) is 0.965. The molecule has 32 heavy (non-hydrogen) atoms. The highest BCUT2D eigenvalue weighted by molar-refractivity contribution is 7.89. The molecule has 1 heterocycles. The molecule has 0 unspecified atom stereocenters. The summed E-state index contributed by atoms with van der Waals surface area (Å²) in [5.74, 6) is 0.0361. The zero-order chi connectivity index (χ0) is 23.3. The minimum absolute atomic E-state index is 0.0809. The third-order valence-electron chi connectivity index (χ3n) is 5.70. The van der Waals surface area contributed by atoms with Crippen molar-refractivity contribution in [2.75, 3.05) is 18.4 Å². The van der Waals surface area contributed by atoms with Gasteiger partial charge in [0.05, 0.1) is 4.90 Å². The Morgan fingerprint density at radius 3 is 2.16 bits per heavy atom. The van der Waals surface area contributed by atoms with Crippen LogP contribution in [0.2, 0.25) is 0 Å². The van der Waals surface area contributed by atoms with E-state index >= 15 is 0 Å². The molecule has 1 fully saturated rings. The number of carbonyl (C=O) groups is 2. The van der Waals surface area contributed by atoms with E-state index in [1.807, 2.05) is 12.1 Å². The van der Waals surface area contributed by atoms with Crippen molar-refractivity contribution in [3.05, 3.63) is 59.7 Å². The molecule has 1 aliphatic heterocycles. The summed E-state index contributed by atoms with van der Waals surface area (Å²) < 4.78 is 27.3. The lowest BCUT2D eigenvalue weighted by molar-refractivity contribution is -0.126. The Morgan fingerprint density at radius 2 is 1.62 bits per heavy atom. The number of hydrogen-bond donors (Lipinski definition) is 3. The average Bonchev–Trinajstić information content (AvgIpc) is 2.78. The van der Waals surface area contributed by atoms with Crippen molar-refractivity contribution in [1.29, 1.82) is 0 Å². The molecule has 1 saturated heterocycles. The van der Waals surface area contributed by atoms with E-state index in [1.54, 1.807) is 36.4 Å². The highest BCUT2D eigenvalue weighted by Crippen LogP contribution is 2.25. The van der Waals surface area contributed by atoms with E-state index in [9.17, 15) is 18.0 Å². The van der Waals surface area contributed by atoms with Gasteiger partial charge in [0, 0.05) is 31.2 Å². The molecule has 1 aliphatic rings. The normalized spacial score (nSPS) is 15.5. The lowest BCUT2D eigenvalue weighted by Crippen LogP contribution is -2.42. The van der Waals surface area contributed by atoms with Gasteiger partial charge in [-0.1, -0.05) is 38.1 Å². The lowest BCUT2D eigenvalue weighted by Gasteiger charge is -2.30. The van der Waals surface area contributed by atoms with E-state index in [-0.39, 0.29) is 11.8 Å². The van der Waals surface area contributed by atoms with Crippen LogP contribution in [0.4, 0.5) is 10.5 Å². The molecule has 2 aromatic carbocycles. The van der Waals surface area contributed by atoms with Crippen molar-refractivity contribution in [2.24, 2.45) is 11.7 Å². The van der Waals surface area contributed by atoms with Crippen LogP contribution in [-0.4, -0.2) is 37.8 Å². The van der Waals surface area contributed by atoms with E-state index < -0.39 is 16.1 Å². The highest BCUT2D eigenvalue weighted by atomic mass is 32.2. The molecule has 8 nitrogen and oxygen atoms in total. The number of nitrogens with two attached hydrogens (primary N) is 1. The summed E-state index contributed by atoms with van der Waals surface area (Å²) in [7, 11) is -3.56. The zero-order valence-corrected chi connectivity index (χ0v) is 19.2. The van der Waals surface area contributed by atoms with E-state index in [4.69, 9.17) is 5.73 Å². The number of piperidine rings is 1. The third-order valence-corrected chi connectivity index (χ3v) is 7.61. The first-order valence-corrected chi connectivity index (χ1v) is 12.1. The Bertz CT molecular complexity index is 1040. The van der Waals surface area contributed by atoms with Crippen LogP contribution in [0, 0.1) is 5.92 Å². The number of carbonyl (C=O) groups excluding carboxylic acids is 2. The number of anilines is 1. The Labute approximate surface area is 189 Å². The summed E-state index contributed by atoms with van der Waals surface area (Å²) in [5.41, 5.74) is 7.65. The average molecular weight is 459 g/mol. The van der Waals surface area contributed by atoms with Crippen LogP contribution in [0.1, 0.15) is 43.7 Å². The molecule has 172 valence electrons. The molecule has 0 saturated carbocycles. The molecule has 3 amide bonds. The van der Waals surface area contributed by atoms with Crippen molar-refractivity contribution in [3.8, 4) is 0 Å². The topological polar surface area (TPSA) is 122 Å². The minimum Gasteiger partial charge on any atom is -0.352 e. The van der Waals surface area contributed by atoms with E-state index in [2.05, 4.69) is 24.5 Å². The van der Waals surface area contributed by atoms with Crippen LogP contribution in [0.15, 0.2) is 53.4 Å². The molecule has 9 heteroatoms. The quantitative estimate of drug-likeness (QED) is 0.590. The Hall–Kier alpha value is -2.91. The van der Waals surface area contributed by atoms with Gasteiger partial charge < -0.3 is 16.4 Å². The summed E-state index contributed by atoms with van der Waals surface area (Å²) in [6.45, 7) is 5.13. The highest BCUT2D eigenvalue weighted by Gasteiger charge is 2.32. The number of nitrogens with one attached hydrogen (secondary N) is 2. The molecule has 0 radical (unpaired) electrons. The van der Waals surface area contributed by atoms with Crippen LogP contribution in [0.5, 0.6) is 0 Å². The number of primary amides is 1. The van der Waals surface area contributed by atoms with Crippen molar-refractivity contribution < 1.29 is 18.0 Å². The fourth-order valence-electron chi connectivity index (χ4n) is 3.71. The number of benzene rings is 2. The summed E-state index contributed by atoms with van der Waals surface area (Å²) in [5, 5.41) is 5.39. The largest absolute Gasteiger partial charge is 0.352 e. The van der Waals surface area contributed by atoms with Crippen molar-refractivity contribution in [3.63, 3.8) is 0 Å². The van der Waals surface area contributed by atoms with Gasteiger partial charge in [-0.3, -0.25) is 4.79 Å². The fraction of sp³-hybridized carbons (Fsp3) is 0.391. The second kappa shape index (κ2) is 10.1. The van der Waals surface area contributed by atoms with Crippen LogP contribution in [-0.2, 0) is 21.4 Å². The predicted molar refractivity (Wildman–Crippen MR) is 124 cm³/mol. The number of sulfonamides is 1. The number of hydrogen-bond acceptors (Lipinski definition) is 4. The molecule has 0 spiro atoms. The molecule has 0 atom stereocenters. The maximum atomic E-state index is 12.9. The molecule has 0 aromatic heterocycles. The summed E-state index contributed by atoms with van der Waals surface area (Å²) in [6, 6.07) is 13.4. The first kappa shape index (κ1) is 23.7. The van der Waals surface area contributed by atoms with Crippen LogP contribution < -0.4 is 16.4 Å². The monoisotopic (exact) mass is 458 g/mol. The van der Waals surface area contributed by atoms with E-state index in [0.717, 1.165) is 11.1 Å². The van der Waals surface area contributed by atoms with Crippen LogP contribution in [0.3, 0.4) is 0 Å². The van der Waals surface area contributed by atoms with E-state index in [0.29, 0.717) is 49.0 Å². The van der Waals surface area contributed by atoms with Gasteiger partial charge in [0.25, 0.3) is 0 Å². The van der Waals surface area contributed by atoms with Gasteiger partial charge in [0.2, 0.25) is 15.9 Å². The number of amides is 3. The standard InChI is InChI=1S/C23H30N4O4S/c1-16(2)18-5-9-21(10-6-18)32(30,31)27-13-11-19(12-14-27)22(28)25-15-17-3-7-20(8-4-17)26-23(24)29/h3-10,16,19H,11-15H2,1-2H3,(H,25,28)(H3,24,26,29). The van der Waals surface area contributed by atoms with Crippen molar-refractivity contribution in [1.82, 2.24) is 9.62 Å². The second-order valence-corrected chi connectivity index (χ2v) is 10.2. The third kappa shape index (κ3) is 5.86.